The largest absolute Gasteiger partial charge is 0.310 e. The Hall–Kier alpha value is -0.890. The van der Waals surface area contributed by atoms with Crippen molar-refractivity contribution in [3.63, 3.8) is 0 Å². The molecule has 1 aromatic rings. The second-order valence-corrected chi connectivity index (χ2v) is 4.67. The predicted octanol–water partition coefficient (Wildman–Crippen LogP) is 3.34. The van der Waals surface area contributed by atoms with E-state index in [0.717, 1.165) is 13.0 Å². The van der Waals surface area contributed by atoms with E-state index in [1.807, 2.05) is 12.4 Å². The van der Waals surface area contributed by atoms with Crippen LogP contribution < -0.4 is 5.32 Å². The van der Waals surface area contributed by atoms with E-state index in [9.17, 15) is 0 Å². The van der Waals surface area contributed by atoms with Gasteiger partial charge in [0.25, 0.3) is 0 Å². The third-order valence-electron chi connectivity index (χ3n) is 2.86. The van der Waals surface area contributed by atoms with Gasteiger partial charge >= 0.3 is 0 Å². The number of aromatic nitrogens is 1. The molecule has 0 aromatic carbocycles. The van der Waals surface area contributed by atoms with Crippen LogP contribution in [-0.4, -0.2) is 11.5 Å². The van der Waals surface area contributed by atoms with Crippen LogP contribution in [0.2, 0.25) is 0 Å². The van der Waals surface area contributed by atoms with E-state index in [4.69, 9.17) is 0 Å². The molecule has 90 valence electrons. The minimum atomic E-state index is 0.475. The summed E-state index contributed by atoms with van der Waals surface area (Å²) in [5, 5.41) is 3.58. The second-order valence-electron chi connectivity index (χ2n) is 4.67. The van der Waals surface area contributed by atoms with Gasteiger partial charge in [0.2, 0.25) is 0 Å². The van der Waals surface area contributed by atoms with E-state index in [1.54, 1.807) is 0 Å². The Balaban J connectivity index is 2.90. The van der Waals surface area contributed by atoms with E-state index < -0.39 is 0 Å². The van der Waals surface area contributed by atoms with Crippen LogP contribution in [0.3, 0.4) is 0 Å². The zero-order valence-electron chi connectivity index (χ0n) is 11.0. The molecule has 0 bridgehead atoms. The van der Waals surface area contributed by atoms with E-state index in [0.29, 0.717) is 12.0 Å². The first-order chi connectivity index (χ1) is 7.69. The Morgan fingerprint density at radius 1 is 1.31 bits per heavy atom. The Kier molecular flexibility index (Phi) is 5.47. The first-order valence-electron chi connectivity index (χ1n) is 6.35. The second kappa shape index (κ2) is 6.64. The fraction of sp³-hybridized carbons (Fsp3) is 0.643. The highest BCUT2D eigenvalue weighted by atomic mass is 14.9. The smallest absolute Gasteiger partial charge is 0.0326 e. The molecule has 0 aliphatic rings. The molecular formula is C14H24N2. The van der Waals surface area contributed by atoms with Gasteiger partial charge in [-0.15, -0.1) is 0 Å². The minimum Gasteiger partial charge on any atom is -0.310 e. The molecule has 16 heavy (non-hydrogen) atoms. The van der Waals surface area contributed by atoms with Gasteiger partial charge in [-0.3, -0.25) is 4.98 Å². The molecule has 0 saturated carbocycles. The van der Waals surface area contributed by atoms with Crippen molar-refractivity contribution >= 4 is 0 Å². The van der Waals surface area contributed by atoms with Crippen LogP contribution in [0, 0.1) is 5.92 Å². The number of rotatable bonds is 6. The minimum absolute atomic E-state index is 0.475. The average molecular weight is 220 g/mol. The van der Waals surface area contributed by atoms with Crippen molar-refractivity contribution in [3.8, 4) is 0 Å². The SMILES string of the molecule is CCNC(CC(C)C)c1ccncc1CC. The summed E-state index contributed by atoms with van der Waals surface area (Å²) in [4.78, 5) is 4.21. The molecular weight excluding hydrogens is 196 g/mol. The van der Waals surface area contributed by atoms with Crippen molar-refractivity contribution in [2.75, 3.05) is 6.54 Å². The molecule has 0 spiro atoms. The van der Waals surface area contributed by atoms with Crippen LogP contribution in [0.15, 0.2) is 18.5 Å². The zero-order chi connectivity index (χ0) is 12.0. The zero-order valence-corrected chi connectivity index (χ0v) is 11.0. The molecule has 0 radical (unpaired) electrons. The van der Waals surface area contributed by atoms with Gasteiger partial charge < -0.3 is 5.32 Å². The van der Waals surface area contributed by atoms with Gasteiger partial charge in [0.05, 0.1) is 0 Å². The highest BCUT2D eigenvalue weighted by Crippen LogP contribution is 2.24. The van der Waals surface area contributed by atoms with Gasteiger partial charge in [-0.05, 0) is 42.5 Å². The summed E-state index contributed by atoms with van der Waals surface area (Å²) in [6, 6.07) is 2.64. The summed E-state index contributed by atoms with van der Waals surface area (Å²) in [7, 11) is 0. The topological polar surface area (TPSA) is 24.9 Å². The summed E-state index contributed by atoms with van der Waals surface area (Å²) in [5.74, 6) is 0.710. The average Bonchev–Trinajstić information content (AvgIpc) is 2.28. The molecule has 0 saturated heterocycles. The summed E-state index contributed by atoms with van der Waals surface area (Å²) in [6.07, 6.45) is 6.15. The molecule has 2 nitrogen and oxygen atoms in total. The van der Waals surface area contributed by atoms with Crippen molar-refractivity contribution < 1.29 is 0 Å². The van der Waals surface area contributed by atoms with Gasteiger partial charge in [0.15, 0.2) is 0 Å². The van der Waals surface area contributed by atoms with Crippen LogP contribution in [0.4, 0.5) is 0 Å². The summed E-state index contributed by atoms with van der Waals surface area (Å²) in [6.45, 7) is 9.93. The van der Waals surface area contributed by atoms with E-state index in [2.05, 4.69) is 44.1 Å². The number of pyridine rings is 1. The summed E-state index contributed by atoms with van der Waals surface area (Å²) < 4.78 is 0. The van der Waals surface area contributed by atoms with Gasteiger partial charge in [0.1, 0.15) is 0 Å². The van der Waals surface area contributed by atoms with Gasteiger partial charge in [-0.25, -0.2) is 0 Å². The first kappa shape index (κ1) is 13.2. The van der Waals surface area contributed by atoms with Crippen LogP contribution in [-0.2, 0) is 6.42 Å². The summed E-state index contributed by atoms with van der Waals surface area (Å²) >= 11 is 0. The number of hydrogen-bond acceptors (Lipinski definition) is 2. The molecule has 0 fully saturated rings. The van der Waals surface area contributed by atoms with Crippen LogP contribution in [0.25, 0.3) is 0 Å². The Morgan fingerprint density at radius 3 is 2.62 bits per heavy atom. The van der Waals surface area contributed by atoms with Crippen LogP contribution in [0.1, 0.15) is 51.3 Å². The number of nitrogens with one attached hydrogen (secondary N) is 1. The molecule has 1 unspecified atom stereocenters. The maximum Gasteiger partial charge on any atom is 0.0326 e. The molecule has 1 rings (SSSR count). The van der Waals surface area contributed by atoms with Crippen LogP contribution in [0.5, 0.6) is 0 Å². The lowest BCUT2D eigenvalue weighted by molar-refractivity contribution is 0.436. The van der Waals surface area contributed by atoms with E-state index in [1.165, 1.54) is 17.5 Å². The molecule has 0 aliphatic carbocycles. The molecule has 1 heterocycles. The van der Waals surface area contributed by atoms with Crippen molar-refractivity contribution in [2.24, 2.45) is 5.92 Å². The maximum absolute atomic E-state index is 4.21. The highest BCUT2D eigenvalue weighted by Gasteiger charge is 2.14. The first-order valence-corrected chi connectivity index (χ1v) is 6.35. The molecule has 1 N–H and O–H groups in total. The molecule has 2 heteroatoms. The fourth-order valence-electron chi connectivity index (χ4n) is 2.11. The van der Waals surface area contributed by atoms with E-state index >= 15 is 0 Å². The van der Waals surface area contributed by atoms with Crippen molar-refractivity contribution in [1.29, 1.82) is 0 Å². The highest BCUT2D eigenvalue weighted by molar-refractivity contribution is 5.26. The lowest BCUT2D eigenvalue weighted by Gasteiger charge is -2.22. The maximum atomic E-state index is 4.21. The molecule has 0 amide bonds. The normalized spacial score (nSPS) is 13.1. The van der Waals surface area contributed by atoms with Crippen molar-refractivity contribution in [3.05, 3.63) is 29.6 Å². The number of nitrogens with zero attached hydrogens (tertiary/aromatic N) is 1. The lowest BCUT2D eigenvalue weighted by atomic mass is 9.93. The summed E-state index contributed by atoms with van der Waals surface area (Å²) in [5.41, 5.74) is 2.79. The van der Waals surface area contributed by atoms with Crippen LogP contribution >= 0.6 is 0 Å². The standard InChI is InChI=1S/C14H24N2/c1-5-12-10-15-8-7-13(12)14(16-6-2)9-11(3)4/h7-8,10-11,14,16H,5-6,9H2,1-4H3. The van der Waals surface area contributed by atoms with E-state index in [-0.39, 0.29) is 0 Å². The van der Waals surface area contributed by atoms with Gasteiger partial charge in [-0.1, -0.05) is 27.7 Å². The monoisotopic (exact) mass is 220 g/mol. The van der Waals surface area contributed by atoms with Gasteiger partial charge in [0, 0.05) is 18.4 Å². The molecule has 0 aliphatic heterocycles. The third kappa shape index (κ3) is 3.60. The number of aryl methyl sites for hydroxylation is 1. The fourth-order valence-corrected chi connectivity index (χ4v) is 2.11. The molecule has 1 aromatic heterocycles. The Labute approximate surface area is 99.5 Å². The lowest BCUT2D eigenvalue weighted by Crippen LogP contribution is -2.23. The predicted molar refractivity (Wildman–Crippen MR) is 69.5 cm³/mol. The Morgan fingerprint density at radius 2 is 2.06 bits per heavy atom. The van der Waals surface area contributed by atoms with Crippen molar-refractivity contribution in [2.45, 2.75) is 46.6 Å². The Bertz CT molecular complexity index is 307. The quantitative estimate of drug-likeness (QED) is 0.795. The van der Waals surface area contributed by atoms with Gasteiger partial charge in [-0.2, -0.15) is 0 Å². The van der Waals surface area contributed by atoms with Crippen molar-refractivity contribution in [1.82, 2.24) is 10.3 Å². The third-order valence-corrected chi connectivity index (χ3v) is 2.86. The number of hydrogen-bond donors (Lipinski definition) is 1. The molecule has 1 atom stereocenters.